The molecule has 6 rings (SSSR count). The maximum Gasteiger partial charge on any atom is 0.323 e. The average molecular weight is 642 g/mol. The number of carbonyl (C=O) groups excluding carboxylic acids is 4. The molecule has 3 aromatic rings. The third-order valence-corrected chi connectivity index (χ3v) is 9.47. The maximum absolute atomic E-state index is 14.2. The van der Waals surface area contributed by atoms with Gasteiger partial charge in [0.05, 0.1) is 23.0 Å². The molecule has 244 valence electrons. The van der Waals surface area contributed by atoms with E-state index in [0.717, 1.165) is 10.8 Å². The van der Waals surface area contributed by atoms with Gasteiger partial charge in [0.2, 0.25) is 5.78 Å². The maximum atomic E-state index is 14.2. The number of likely N-dealkylation sites (N-methyl/N-ethyl adjacent to an activating group) is 1. The molecular formula is C34H35N5O8. The number of urea groups is 1. The Morgan fingerprint density at radius 2 is 1.62 bits per heavy atom. The molecule has 3 aromatic carbocycles. The number of aromatic hydroxyl groups is 1. The number of nitrogens with one attached hydrogen (secondary N) is 2. The van der Waals surface area contributed by atoms with E-state index in [0.29, 0.717) is 16.9 Å². The largest absolute Gasteiger partial charge is 0.510 e. The second kappa shape index (κ2) is 11.1. The van der Waals surface area contributed by atoms with Gasteiger partial charge in [0, 0.05) is 36.7 Å². The van der Waals surface area contributed by atoms with Crippen LogP contribution in [0.2, 0.25) is 0 Å². The van der Waals surface area contributed by atoms with E-state index in [4.69, 9.17) is 5.73 Å². The van der Waals surface area contributed by atoms with Gasteiger partial charge in [-0.15, -0.1) is 0 Å². The van der Waals surface area contributed by atoms with Crippen molar-refractivity contribution in [3.8, 4) is 5.75 Å². The molecule has 13 heteroatoms. The van der Waals surface area contributed by atoms with E-state index in [1.54, 1.807) is 45.2 Å². The van der Waals surface area contributed by atoms with Crippen molar-refractivity contribution in [3.63, 3.8) is 0 Å². The Hall–Kier alpha value is -5.40. The molecule has 13 nitrogen and oxygen atoms in total. The molecule has 8 N–H and O–H groups in total. The smallest absolute Gasteiger partial charge is 0.323 e. The van der Waals surface area contributed by atoms with E-state index in [9.17, 15) is 39.6 Å². The van der Waals surface area contributed by atoms with Crippen LogP contribution in [0, 0.1) is 11.8 Å². The first-order valence-electron chi connectivity index (χ1n) is 14.9. The van der Waals surface area contributed by atoms with Crippen molar-refractivity contribution < 1.29 is 39.6 Å². The molecule has 0 aromatic heterocycles. The summed E-state index contributed by atoms with van der Waals surface area (Å²) in [6.07, 6.45) is 0.0743. The van der Waals surface area contributed by atoms with Crippen LogP contribution in [-0.4, -0.2) is 88.7 Å². The minimum absolute atomic E-state index is 0.0349. The number of phenols is 1. The average Bonchev–Trinajstić information content (AvgIpc) is 3.00. The number of nitrogens with two attached hydrogens (primary N) is 1. The Labute approximate surface area is 269 Å². The summed E-state index contributed by atoms with van der Waals surface area (Å²) in [5.74, 6) is -7.48. The minimum atomic E-state index is -2.75. The fourth-order valence-corrected chi connectivity index (χ4v) is 7.40. The second-order valence-electron chi connectivity index (χ2n) is 12.6. The van der Waals surface area contributed by atoms with Gasteiger partial charge in [-0.05, 0) is 55.9 Å². The van der Waals surface area contributed by atoms with E-state index in [1.165, 1.54) is 11.0 Å². The normalized spacial score (nSPS) is 23.7. The van der Waals surface area contributed by atoms with Gasteiger partial charge in [-0.3, -0.25) is 19.3 Å². The van der Waals surface area contributed by atoms with Crippen LogP contribution in [0.3, 0.4) is 0 Å². The molecule has 0 fully saturated rings. The summed E-state index contributed by atoms with van der Waals surface area (Å²) < 4.78 is 0. The van der Waals surface area contributed by atoms with E-state index in [2.05, 4.69) is 10.6 Å². The molecule has 4 atom stereocenters. The van der Waals surface area contributed by atoms with Crippen LogP contribution in [0.5, 0.6) is 5.75 Å². The van der Waals surface area contributed by atoms with E-state index in [1.807, 2.05) is 30.3 Å². The van der Waals surface area contributed by atoms with Gasteiger partial charge in [-0.1, -0.05) is 36.4 Å². The molecule has 0 saturated heterocycles. The summed E-state index contributed by atoms with van der Waals surface area (Å²) in [5.41, 5.74) is 2.66. The summed E-state index contributed by atoms with van der Waals surface area (Å²) in [7, 11) is 6.60. The molecule has 0 radical (unpaired) electrons. The lowest BCUT2D eigenvalue weighted by Gasteiger charge is -2.50. The van der Waals surface area contributed by atoms with Crippen LogP contribution in [-0.2, 0) is 16.0 Å². The van der Waals surface area contributed by atoms with E-state index < -0.39 is 69.8 Å². The number of ketones is 2. The Morgan fingerprint density at radius 3 is 2.28 bits per heavy atom. The Bertz CT molecular complexity index is 1960. The number of fused-ring (bicyclic) bond motifs is 4. The number of aliphatic hydroxyl groups excluding tert-OH is 2. The molecule has 3 aliphatic rings. The van der Waals surface area contributed by atoms with E-state index >= 15 is 0 Å². The van der Waals surface area contributed by atoms with Crippen molar-refractivity contribution in [2.75, 3.05) is 43.7 Å². The highest BCUT2D eigenvalue weighted by Gasteiger charge is 2.63. The minimum Gasteiger partial charge on any atom is -0.510 e. The molecule has 0 spiro atoms. The SMILES string of the molecule is CN(C)c1cc(NC(=O)Nc2cccc3ccccc23)c(O)c2c1C[C@H]1C[C@H]3[C@H](N(C)C)C(O)=C(C(N)=O)C(=O)[C@@]3(O)C(O)=C1C2=O. The van der Waals surface area contributed by atoms with Gasteiger partial charge >= 0.3 is 6.03 Å². The Morgan fingerprint density at radius 1 is 0.957 bits per heavy atom. The number of anilines is 3. The molecule has 3 aliphatic carbocycles. The zero-order valence-electron chi connectivity index (χ0n) is 26.2. The van der Waals surface area contributed by atoms with Crippen molar-refractivity contribution in [2.45, 2.75) is 24.5 Å². The zero-order chi connectivity index (χ0) is 34.1. The monoisotopic (exact) mass is 641 g/mol. The fraction of sp³-hybridized carbons (Fsp3) is 0.294. The number of primary amides is 1. The first-order valence-corrected chi connectivity index (χ1v) is 14.9. The lowest BCUT2D eigenvalue weighted by molar-refractivity contribution is -0.148. The number of rotatable bonds is 5. The third-order valence-electron chi connectivity index (χ3n) is 9.47. The molecule has 0 heterocycles. The molecule has 47 heavy (non-hydrogen) atoms. The lowest BCUT2D eigenvalue weighted by atomic mass is 9.58. The second-order valence-corrected chi connectivity index (χ2v) is 12.6. The first kappa shape index (κ1) is 31.6. The number of hydrogen-bond donors (Lipinski definition) is 7. The molecular weight excluding hydrogens is 606 g/mol. The summed E-state index contributed by atoms with van der Waals surface area (Å²) in [5, 5.41) is 53.0. The number of phenolic OH excluding ortho intramolecular Hbond substituents is 1. The lowest BCUT2D eigenvalue weighted by Crippen LogP contribution is -2.63. The van der Waals surface area contributed by atoms with Crippen LogP contribution in [0.25, 0.3) is 10.8 Å². The third kappa shape index (κ3) is 4.69. The van der Waals surface area contributed by atoms with Crippen LogP contribution in [0.1, 0.15) is 22.3 Å². The number of benzene rings is 3. The quantitative estimate of drug-likeness (QED) is 0.160. The number of carbonyl (C=O) groups is 4. The van der Waals surface area contributed by atoms with Gasteiger partial charge in [-0.25, -0.2) is 4.79 Å². The van der Waals surface area contributed by atoms with Crippen LogP contribution in [0.4, 0.5) is 21.9 Å². The summed E-state index contributed by atoms with van der Waals surface area (Å²) in [6, 6.07) is 12.7. The number of Topliss-reactive ketones (excluding diaryl/α,β-unsaturated/α-hetero) is 2. The van der Waals surface area contributed by atoms with Gasteiger partial charge in [0.25, 0.3) is 5.91 Å². The van der Waals surface area contributed by atoms with Crippen molar-refractivity contribution in [1.82, 2.24) is 4.90 Å². The zero-order valence-corrected chi connectivity index (χ0v) is 26.2. The van der Waals surface area contributed by atoms with Gasteiger partial charge in [0.15, 0.2) is 17.1 Å². The number of nitrogens with zero attached hydrogens (tertiary/aromatic N) is 2. The summed E-state index contributed by atoms with van der Waals surface area (Å²) in [4.78, 5) is 56.4. The number of hydrogen-bond acceptors (Lipinski definition) is 10. The number of amides is 3. The molecule has 3 amide bonds. The topological polar surface area (TPSA) is 206 Å². The van der Waals surface area contributed by atoms with Crippen LogP contribution in [0.15, 0.2) is 71.2 Å². The fourth-order valence-electron chi connectivity index (χ4n) is 7.40. The van der Waals surface area contributed by atoms with Crippen molar-refractivity contribution in [2.24, 2.45) is 17.6 Å². The molecule has 0 saturated carbocycles. The molecule has 0 aliphatic heterocycles. The number of allylic oxidation sites excluding steroid dienone is 1. The highest BCUT2D eigenvalue weighted by Crippen LogP contribution is 2.54. The molecule has 0 bridgehead atoms. The molecule has 0 unspecified atom stereocenters. The summed E-state index contributed by atoms with van der Waals surface area (Å²) in [6.45, 7) is 0. The van der Waals surface area contributed by atoms with Crippen molar-refractivity contribution in [1.29, 1.82) is 0 Å². The Balaban J connectivity index is 1.43. The van der Waals surface area contributed by atoms with Gasteiger partial charge < -0.3 is 41.7 Å². The van der Waals surface area contributed by atoms with Crippen molar-refractivity contribution >= 4 is 51.3 Å². The Kier molecular flexibility index (Phi) is 7.48. The predicted octanol–water partition coefficient (Wildman–Crippen LogP) is 2.98. The standard InChI is InChI=1S/C34H35N5O8/c1-38(2)22-14-21(37-33(46)36-20-11-7-9-15-8-5-6-10-17(15)20)27(40)24-18(22)12-16-13-19-26(39(3)4)29(42)25(32(35)45)31(44)34(19,47)30(43)23(16)28(24)41/h5-11,14,16,19,26,40,42-43,47H,12-13H2,1-4H3,(H2,35,45)(H2,36,37,46)/t16-,19-,26-,34-/m0/s1. The van der Waals surface area contributed by atoms with Crippen molar-refractivity contribution in [3.05, 3.63) is 82.3 Å². The van der Waals surface area contributed by atoms with Crippen LogP contribution < -0.4 is 21.3 Å². The van der Waals surface area contributed by atoms with Crippen LogP contribution >= 0.6 is 0 Å². The van der Waals surface area contributed by atoms with E-state index in [-0.39, 0.29) is 29.7 Å². The highest BCUT2D eigenvalue weighted by molar-refractivity contribution is 6.25. The number of aliphatic hydroxyl groups is 3. The predicted molar refractivity (Wildman–Crippen MR) is 175 cm³/mol. The van der Waals surface area contributed by atoms with Gasteiger partial charge in [0.1, 0.15) is 17.1 Å². The highest BCUT2D eigenvalue weighted by atomic mass is 16.3. The first-order chi connectivity index (χ1) is 22.2. The van der Waals surface area contributed by atoms with Gasteiger partial charge in [-0.2, -0.15) is 0 Å². The summed E-state index contributed by atoms with van der Waals surface area (Å²) >= 11 is 0.